The fourth-order valence-corrected chi connectivity index (χ4v) is 4.35. The van der Waals surface area contributed by atoms with Gasteiger partial charge in [-0.3, -0.25) is 0 Å². The van der Waals surface area contributed by atoms with Crippen molar-refractivity contribution in [3.63, 3.8) is 0 Å². The predicted molar refractivity (Wildman–Crippen MR) is 140 cm³/mol. The highest BCUT2D eigenvalue weighted by Gasteiger charge is 2.15. The van der Waals surface area contributed by atoms with Gasteiger partial charge in [0.1, 0.15) is 24.3 Å². The smallest absolute Gasteiger partial charge is 0.180 e. The summed E-state index contributed by atoms with van der Waals surface area (Å²) >= 11 is 6.63. The number of nitriles is 1. The van der Waals surface area contributed by atoms with Crippen molar-refractivity contribution in [2.45, 2.75) is 13.5 Å². The maximum atomic E-state index is 13.6. The molecule has 1 aromatic heterocycles. The maximum Gasteiger partial charge on any atom is 0.180 e. The van der Waals surface area contributed by atoms with Gasteiger partial charge in [0, 0.05) is 0 Å². The largest absolute Gasteiger partial charge is 0.490 e. The second kappa shape index (κ2) is 10.1. The van der Waals surface area contributed by atoms with Gasteiger partial charge in [0.2, 0.25) is 0 Å². The van der Waals surface area contributed by atoms with Crippen LogP contribution in [0.5, 0.6) is 11.5 Å². The summed E-state index contributed by atoms with van der Waals surface area (Å²) in [5.74, 6) is 0.859. The van der Waals surface area contributed by atoms with E-state index in [1.807, 2.05) is 31.2 Å². The summed E-state index contributed by atoms with van der Waals surface area (Å²) in [7, 11) is 0. The van der Waals surface area contributed by atoms with Gasteiger partial charge in [-0.15, -0.1) is 0 Å². The predicted octanol–water partition coefficient (Wildman–Crippen LogP) is 7.55. The van der Waals surface area contributed by atoms with E-state index in [1.54, 1.807) is 24.3 Å². The summed E-state index contributed by atoms with van der Waals surface area (Å²) in [4.78, 5) is 7.40. The summed E-state index contributed by atoms with van der Waals surface area (Å²) in [6, 6.07) is 24.1. The van der Waals surface area contributed by atoms with Crippen LogP contribution in [-0.4, -0.2) is 16.6 Å². The number of H-pyrrole nitrogens is 1. The number of allylic oxidation sites excluding steroid dienone is 1. The van der Waals surface area contributed by atoms with Crippen molar-refractivity contribution in [3.05, 3.63) is 101 Å². The minimum atomic E-state index is -0.382. The molecule has 0 saturated carbocycles. The number of aromatic amines is 1. The van der Waals surface area contributed by atoms with E-state index in [1.165, 1.54) is 12.1 Å². The second-order valence-corrected chi connectivity index (χ2v) is 8.51. The highest BCUT2D eigenvalue weighted by Crippen LogP contribution is 2.38. The van der Waals surface area contributed by atoms with Gasteiger partial charge >= 0.3 is 0 Å². The molecule has 178 valence electrons. The van der Waals surface area contributed by atoms with E-state index in [2.05, 4.69) is 34.2 Å². The van der Waals surface area contributed by atoms with E-state index in [4.69, 9.17) is 21.1 Å². The van der Waals surface area contributed by atoms with Crippen LogP contribution < -0.4 is 9.47 Å². The van der Waals surface area contributed by atoms with E-state index < -0.39 is 0 Å². The number of halogens is 2. The molecule has 0 aliphatic heterocycles. The van der Waals surface area contributed by atoms with Crippen LogP contribution in [0, 0.1) is 17.1 Å². The van der Waals surface area contributed by atoms with Gasteiger partial charge in [-0.1, -0.05) is 54.1 Å². The highest BCUT2D eigenvalue weighted by molar-refractivity contribution is 6.32. The molecule has 5 nitrogen and oxygen atoms in total. The van der Waals surface area contributed by atoms with Crippen LogP contribution in [-0.2, 0) is 6.61 Å². The maximum absolute atomic E-state index is 13.6. The number of hydrogen-bond acceptors (Lipinski definition) is 4. The lowest BCUT2D eigenvalue weighted by Gasteiger charge is -2.15. The van der Waals surface area contributed by atoms with Crippen molar-refractivity contribution in [1.82, 2.24) is 9.97 Å². The molecular weight excluding hydrogens is 477 g/mol. The number of nitrogens with one attached hydrogen (secondary N) is 1. The van der Waals surface area contributed by atoms with Crippen LogP contribution in [0.15, 0.2) is 72.8 Å². The van der Waals surface area contributed by atoms with Crippen molar-refractivity contribution >= 4 is 45.1 Å². The Morgan fingerprint density at radius 1 is 1.08 bits per heavy atom. The molecule has 1 N–H and O–H groups in total. The molecule has 1 heterocycles. The number of aromatic nitrogens is 2. The molecule has 0 saturated heterocycles. The molecule has 0 aliphatic carbocycles. The van der Waals surface area contributed by atoms with Gasteiger partial charge < -0.3 is 14.5 Å². The van der Waals surface area contributed by atoms with Crippen LogP contribution in [0.4, 0.5) is 4.39 Å². The first-order chi connectivity index (χ1) is 17.6. The van der Waals surface area contributed by atoms with Gasteiger partial charge in [-0.2, -0.15) is 5.26 Å². The molecule has 0 amide bonds. The third-order valence-corrected chi connectivity index (χ3v) is 5.99. The van der Waals surface area contributed by atoms with Gasteiger partial charge in [-0.25, -0.2) is 9.37 Å². The zero-order chi connectivity index (χ0) is 25.1. The molecular formula is C29H21ClFN3O2. The van der Waals surface area contributed by atoms with E-state index in [-0.39, 0.29) is 11.4 Å². The molecule has 0 bridgehead atoms. The van der Waals surface area contributed by atoms with Crippen molar-refractivity contribution in [3.8, 4) is 17.6 Å². The van der Waals surface area contributed by atoms with E-state index in [9.17, 15) is 9.65 Å². The highest BCUT2D eigenvalue weighted by atomic mass is 35.5. The molecule has 7 heteroatoms. The third kappa shape index (κ3) is 4.74. The third-order valence-electron chi connectivity index (χ3n) is 5.71. The summed E-state index contributed by atoms with van der Waals surface area (Å²) in [6.07, 6.45) is 1.65. The van der Waals surface area contributed by atoms with Gasteiger partial charge in [0.05, 0.1) is 28.2 Å². The molecule has 36 heavy (non-hydrogen) atoms. The molecule has 0 unspecified atom stereocenters. The van der Waals surface area contributed by atoms with Crippen LogP contribution in [0.25, 0.3) is 33.5 Å². The van der Waals surface area contributed by atoms with Gasteiger partial charge in [0.25, 0.3) is 0 Å². The second-order valence-electron chi connectivity index (χ2n) is 8.11. The average molecular weight is 498 g/mol. The Morgan fingerprint density at radius 2 is 1.92 bits per heavy atom. The minimum Gasteiger partial charge on any atom is -0.490 e. The lowest BCUT2D eigenvalue weighted by molar-refractivity contribution is 0.270. The Bertz CT molecular complexity index is 1650. The molecule has 0 radical (unpaired) electrons. The summed E-state index contributed by atoms with van der Waals surface area (Å²) < 4.78 is 25.5. The zero-order valence-electron chi connectivity index (χ0n) is 19.4. The standard InChI is InChI=1S/C29H21ClFN3O2/c1-2-35-27-14-18(12-21(16-32)29-33-25-11-10-22(31)15-26(25)34-29)13-24(30)28(27)36-17-20-8-5-7-19-6-3-4-9-23(19)20/h3-15H,2,17H2,1H3,(H,33,34)/b21-12-. The summed E-state index contributed by atoms with van der Waals surface area (Å²) in [5.41, 5.74) is 3.02. The van der Waals surface area contributed by atoms with Crippen LogP contribution >= 0.6 is 11.6 Å². The summed E-state index contributed by atoms with van der Waals surface area (Å²) in [6.45, 7) is 2.60. The van der Waals surface area contributed by atoms with Crippen molar-refractivity contribution in [1.29, 1.82) is 5.26 Å². The van der Waals surface area contributed by atoms with Crippen molar-refractivity contribution < 1.29 is 13.9 Å². The first kappa shape index (κ1) is 23.4. The van der Waals surface area contributed by atoms with Crippen LogP contribution in [0.1, 0.15) is 23.9 Å². The first-order valence-electron chi connectivity index (χ1n) is 11.4. The minimum absolute atomic E-state index is 0.273. The molecule has 5 rings (SSSR count). The number of ether oxygens (including phenoxy) is 2. The summed E-state index contributed by atoms with van der Waals surface area (Å²) in [5, 5.41) is 12.4. The van der Waals surface area contributed by atoms with Crippen LogP contribution in [0.3, 0.4) is 0 Å². The van der Waals surface area contributed by atoms with Crippen molar-refractivity contribution in [2.75, 3.05) is 6.61 Å². The molecule has 4 aromatic carbocycles. The Labute approximate surface area is 212 Å². The van der Waals surface area contributed by atoms with Crippen molar-refractivity contribution in [2.24, 2.45) is 0 Å². The fourth-order valence-electron chi connectivity index (χ4n) is 4.07. The van der Waals surface area contributed by atoms with Crippen LogP contribution in [0.2, 0.25) is 5.02 Å². The lowest BCUT2D eigenvalue weighted by Crippen LogP contribution is -2.01. The number of imidazole rings is 1. The SMILES string of the molecule is CCOc1cc(/C=C(/C#N)c2nc3ccc(F)cc3[nH]2)cc(Cl)c1OCc1cccc2ccccc12. The molecule has 0 atom stereocenters. The Balaban J connectivity index is 1.47. The fraction of sp³-hybridized carbons (Fsp3) is 0.103. The molecule has 0 aliphatic rings. The topological polar surface area (TPSA) is 70.9 Å². The molecule has 5 aromatic rings. The Kier molecular flexibility index (Phi) is 6.57. The average Bonchev–Trinajstić information content (AvgIpc) is 3.30. The van der Waals surface area contributed by atoms with E-state index in [0.717, 1.165) is 16.3 Å². The van der Waals surface area contributed by atoms with Gasteiger partial charge in [0.15, 0.2) is 11.5 Å². The number of hydrogen-bond donors (Lipinski definition) is 1. The Hall–Kier alpha value is -4.34. The number of rotatable bonds is 7. The lowest BCUT2D eigenvalue weighted by atomic mass is 10.1. The number of nitrogens with zero attached hydrogens (tertiary/aromatic N) is 2. The normalized spacial score (nSPS) is 11.6. The quantitative estimate of drug-likeness (QED) is 0.236. The monoisotopic (exact) mass is 497 g/mol. The first-order valence-corrected chi connectivity index (χ1v) is 11.8. The number of fused-ring (bicyclic) bond motifs is 2. The van der Waals surface area contributed by atoms with E-state index >= 15 is 0 Å². The van der Waals surface area contributed by atoms with E-state index in [0.29, 0.717) is 52.2 Å². The Morgan fingerprint density at radius 3 is 2.75 bits per heavy atom. The zero-order valence-corrected chi connectivity index (χ0v) is 20.1. The molecule has 0 spiro atoms. The molecule has 0 fully saturated rings. The number of benzene rings is 4. The van der Waals surface area contributed by atoms with Gasteiger partial charge in [-0.05, 0) is 65.2 Å².